The van der Waals surface area contributed by atoms with Crippen molar-refractivity contribution in [3.05, 3.63) is 63.8 Å². The van der Waals surface area contributed by atoms with E-state index in [1.807, 2.05) is 42.5 Å². The maximum Gasteiger partial charge on any atom is 0.260 e. The molecule has 1 amide bonds. The Morgan fingerprint density at radius 1 is 1.10 bits per heavy atom. The molecule has 0 aliphatic carbocycles. The Bertz CT molecular complexity index is 1090. The summed E-state index contributed by atoms with van der Waals surface area (Å²) in [6.07, 6.45) is 0. The number of benzene rings is 2. The van der Waals surface area contributed by atoms with Crippen molar-refractivity contribution in [1.82, 2.24) is 10.2 Å². The lowest BCUT2D eigenvalue weighted by molar-refractivity contribution is -0.112. The van der Waals surface area contributed by atoms with E-state index >= 15 is 0 Å². The van der Waals surface area contributed by atoms with E-state index in [0.29, 0.717) is 23.6 Å². The first kappa shape index (κ1) is 20.2. The van der Waals surface area contributed by atoms with Gasteiger partial charge in [-0.25, -0.2) is 0 Å². The number of halogens is 1. The van der Waals surface area contributed by atoms with E-state index in [9.17, 15) is 4.79 Å². The summed E-state index contributed by atoms with van der Waals surface area (Å²) in [4.78, 5) is 23.0. The van der Waals surface area contributed by atoms with Crippen molar-refractivity contribution >= 4 is 44.5 Å². The summed E-state index contributed by atoms with van der Waals surface area (Å²) in [7, 11) is 1.79. The fraction of sp³-hybridized carbons (Fsp3) is 0.304. The fourth-order valence-electron chi connectivity index (χ4n) is 4.30. The van der Waals surface area contributed by atoms with Crippen molar-refractivity contribution in [1.29, 1.82) is 0 Å². The number of para-hydroxylation sites is 2. The lowest BCUT2D eigenvalue weighted by Crippen LogP contribution is -2.44. The lowest BCUT2D eigenvalue weighted by atomic mass is 10.0. The maximum absolute atomic E-state index is 13.2. The molecule has 3 heterocycles. The highest BCUT2D eigenvalue weighted by Gasteiger charge is 2.38. The summed E-state index contributed by atoms with van der Waals surface area (Å²) in [6, 6.07) is 13.8. The Balaban J connectivity index is 1.49. The van der Waals surface area contributed by atoms with Crippen LogP contribution in [-0.4, -0.2) is 62.9 Å². The Hall–Kier alpha value is -2.68. The highest BCUT2D eigenvalue weighted by atomic mass is 79.9. The highest BCUT2D eigenvalue weighted by Crippen LogP contribution is 2.44. The Labute approximate surface area is 189 Å². The van der Waals surface area contributed by atoms with Crippen LogP contribution < -0.4 is 15.5 Å². The molecule has 2 aromatic rings. The van der Waals surface area contributed by atoms with Crippen LogP contribution in [0.4, 0.5) is 11.4 Å². The number of nitrogens with zero attached hydrogens (tertiary/aromatic N) is 3. The zero-order valence-electron chi connectivity index (χ0n) is 17.3. The van der Waals surface area contributed by atoms with E-state index in [1.54, 1.807) is 11.9 Å². The molecule has 3 aliphatic rings. The van der Waals surface area contributed by atoms with Gasteiger partial charge in [-0.3, -0.25) is 9.69 Å². The van der Waals surface area contributed by atoms with Crippen LogP contribution in [0.15, 0.2) is 57.8 Å². The molecule has 0 spiro atoms. The van der Waals surface area contributed by atoms with Gasteiger partial charge in [0.25, 0.3) is 5.91 Å². The number of allylic oxidation sites excluding steroid dienone is 1. The van der Waals surface area contributed by atoms with Crippen LogP contribution in [0.5, 0.6) is 0 Å². The van der Waals surface area contributed by atoms with Gasteiger partial charge in [-0.05, 0) is 28.1 Å². The first-order valence-electron chi connectivity index (χ1n) is 10.5. The molecule has 160 valence electrons. The monoisotopic (exact) mass is 481 g/mol. The van der Waals surface area contributed by atoms with Gasteiger partial charge in [0.05, 0.1) is 17.0 Å². The smallest absolute Gasteiger partial charge is 0.260 e. The molecular formula is C23H24BrN5O2. The van der Waals surface area contributed by atoms with Gasteiger partial charge in [0.1, 0.15) is 12.3 Å². The van der Waals surface area contributed by atoms with Crippen LogP contribution in [0.3, 0.4) is 0 Å². The number of rotatable bonds is 4. The minimum absolute atomic E-state index is 0.0641. The Morgan fingerprint density at radius 3 is 2.71 bits per heavy atom. The van der Waals surface area contributed by atoms with Crippen LogP contribution >= 0.6 is 15.9 Å². The van der Waals surface area contributed by atoms with Crippen molar-refractivity contribution in [2.24, 2.45) is 5.16 Å². The van der Waals surface area contributed by atoms with Gasteiger partial charge in [0, 0.05) is 61.1 Å². The van der Waals surface area contributed by atoms with E-state index in [0.717, 1.165) is 59.7 Å². The molecule has 0 saturated carbocycles. The van der Waals surface area contributed by atoms with Crippen molar-refractivity contribution in [3.8, 4) is 0 Å². The standard InChI is InChI=1S/C23H24BrN5O2/c1-28-22-16(6-4-7-17(22)24)19(23(28)30)21-20(15-5-2-3-8-18(15)26-21)27-31-14-13-29-11-9-25-10-12-29/h2-8,25-26H,9-14H2,1H3/b21-19-,27-20+. The molecule has 2 aromatic carbocycles. The number of carbonyl (C=O) groups is 1. The molecule has 0 radical (unpaired) electrons. The van der Waals surface area contributed by atoms with Crippen LogP contribution in [0.2, 0.25) is 0 Å². The number of piperazine rings is 1. The lowest BCUT2D eigenvalue weighted by Gasteiger charge is -2.26. The molecule has 7 nitrogen and oxygen atoms in total. The van der Waals surface area contributed by atoms with Gasteiger partial charge in [-0.15, -0.1) is 0 Å². The number of amides is 1. The summed E-state index contributed by atoms with van der Waals surface area (Å²) < 4.78 is 0.887. The van der Waals surface area contributed by atoms with Crippen molar-refractivity contribution in [2.45, 2.75) is 0 Å². The molecule has 0 atom stereocenters. The normalized spacial score (nSPS) is 21.9. The van der Waals surface area contributed by atoms with Crippen LogP contribution in [-0.2, 0) is 9.63 Å². The van der Waals surface area contributed by atoms with Gasteiger partial charge in [-0.1, -0.05) is 35.5 Å². The average molecular weight is 482 g/mol. The summed E-state index contributed by atoms with van der Waals surface area (Å²) >= 11 is 3.58. The van der Waals surface area contributed by atoms with Gasteiger partial charge in [0.2, 0.25) is 0 Å². The minimum atomic E-state index is -0.0641. The number of anilines is 2. The van der Waals surface area contributed by atoms with Crippen LogP contribution in [0.1, 0.15) is 11.1 Å². The van der Waals surface area contributed by atoms with Gasteiger partial charge >= 0.3 is 0 Å². The minimum Gasteiger partial charge on any atom is -0.394 e. The molecule has 0 bridgehead atoms. The largest absolute Gasteiger partial charge is 0.394 e. The van der Waals surface area contributed by atoms with Crippen molar-refractivity contribution < 1.29 is 9.63 Å². The zero-order chi connectivity index (χ0) is 21.4. The first-order valence-corrected chi connectivity index (χ1v) is 11.3. The van der Waals surface area contributed by atoms with Gasteiger partial charge in [-0.2, -0.15) is 0 Å². The molecule has 8 heteroatoms. The van der Waals surface area contributed by atoms with Crippen LogP contribution in [0.25, 0.3) is 5.57 Å². The quantitative estimate of drug-likeness (QED) is 0.399. The summed E-state index contributed by atoms with van der Waals surface area (Å²) in [6.45, 7) is 5.39. The molecule has 0 unspecified atom stereocenters. The van der Waals surface area contributed by atoms with Crippen molar-refractivity contribution in [2.75, 3.05) is 56.6 Å². The topological polar surface area (TPSA) is 69.2 Å². The molecule has 31 heavy (non-hydrogen) atoms. The van der Waals surface area contributed by atoms with E-state index in [2.05, 4.69) is 36.6 Å². The fourth-order valence-corrected chi connectivity index (χ4v) is 4.93. The molecule has 3 aliphatic heterocycles. The molecule has 5 rings (SSSR count). The van der Waals surface area contributed by atoms with Crippen molar-refractivity contribution in [3.63, 3.8) is 0 Å². The second kappa shape index (κ2) is 8.45. The number of fused-ring (bicyclic) bond motifs is 2. The predicted molar refractivity (Wildman–Crippen MR) is 126 cm³/mol. The average Bonchev–Trinajstić information content (AvgIpc) is 3.27. The highest BCUT2D eigenvalue weighted by molar-refractivity contribution is 9.10. The third kappa shape index (κ3) is 3.64. The number of carbonyl (C=O) groups excluding carboxylic acids is 1. The third-order valence-corrected chi connectivity index (χ3v) is 6.54. The van der Waals surface area contributed by atoms with Crippen LogP contribution in [0, 0.1) is 0 Å². The zero-order valence-corrected chi connectivity index (χ0v) is 18.9. The molecule has 2 N–H and O–H groups in total. The summed E-state index contributed by atoms with van der Waals surface area (Å²) in [5, 5.41) is 11.3. The Morgan fingerprint density at radius 2 is 1.87 bits per heavy atom. The van der Waals surface area contributed by atoms with E-state index in [1.165, 1.54) is 0 Å². The maximum atomic E-state index is 13.2. The van der Waals surface area contributed by atoms with Gasteiger partial charge < -0.3 is 20.4 Å². The molecular weight excluding hydrogens is 458 g/mol. The third-order valence-electron chi connectivity index (χ3n) is 5.90. The molecule has 0 aromatic heterocycles. The van der Waals surface area contributed by atoms with E-state index in [4.69, 9.17) is 4.84 Å². The first-order chi connectivity index (χ1) is 15.1. The summed E-state index contributed by atoms with van der Waals surface area (Å²) in [5.41, 5.74) is 5.58. The number of hydrogen-bond donors (Lipinski definition) is 2. The SMILES string of the molecule is CN1C(=O)/C(=C2\Nc3ccccc3\C2=N/OCCN2CCNCC2)c2cccc(Br)c21. The van der Waals surface area contributed by atoms with Gasteiger partial charge in [0.15, 0.2) is 0 Å². The van der Waals surface area contributed by atoms with E-state index < -0.39 is 0 Å². The number of oxime groups is 1. The summed E-state index contributed by atoms with van der Waals surface area (Å²) in [5.74, 6) is -0.0641. The molecule has 1 fully saturated rings. The predicted octanol–water partition coefficient (Wildman–Crippen LogP) is 2.89. The molecule has 1 saturated heterocycles. The number of hydrogen-bond acceptors (Lipinski definition) is 6. The second-order valence-corrected chi connectivity index (χ2v) is 8.64. The number of nitrogens with one attached hydrogen (secondary N) is 2. The number of likely N-dealkylation sites (N-methyl/N-ethyl adjacent to an activating group) is 1. The second-order valence-electron chi connectivity index (χ2n) is 7.79. The Kier molecular flexibility index (Phi) is 5.52. The van der Waals surface area contributed by atoms with E-state index in [-0.39, 0.29) is 5.91 Å².